The summed E-state index contributed by atoms with van der Waals surface area (Å²) in [4.78, 5) is 0. The van der Waals surface area contributed by atoms with Crippen LogP contribution in [-0.2, 0) is 9.16 Å². The first-order chi connectivity index (χ1) is 8.30. The molecule has 2 atom stereocenters. The number of aliphatic hydroxyl groups is 1. The van der Waals surface area contributed by atoms with Gasteiger partial charge in [0.1, 0.15) is 0 Å². The van der Waals surface area contributed by atoms with Gasteiger partial charge in [0, 0.05) is 6.42 Å². The lowest BCUT2D eigenvalue weighted by atomic mass is 10.1. The molecule has 0 aromatic rings. The van der Waals surface area contributed by atoms with E-state index < -0.39 is 14.6 Å². The fourth-order valence-electron chi connectivity index (χ4n) is 3.55. The maximum atomic E-state index is 9.61. The van der Waals surface area contributed by atoms with Crippen LogP contribution in [0.25, 0.3) is 0 Å². The van der Waals surface area contributed by atoms with Crippen molar-refractivity contribution in [2.45, 2.75) is 83.4 Å². The van der Waals surface area contributed by atoms with Crippen LogP contribution in [0.4, 0.5) is 0 Å². The predicted molar refractivity (Wildman–Crippen MR) is 77.1 cm³/mol. The highest BCUT2D eigenvalue weighted by atomic mass is 28.4. The van der Waals surface area contributed by atoms with E-state index >= 15 is 0 Å². The van der Waals surface area contributed by atoms with Crippen molar-refractivity contribution < 1.29 is 14.3 Å². The van der Waals surface area contributed by atoms with Crippen LogP contribution >= 0.6 is 0 Å². The van der Waals surface area contributed by atoms with Crippen LogP contribution in [0.2, 0.25) is 16.6 Å². The summed E-state index contributed by atoms with van der Waals surface area (Å²) >= 11 is 0. The van der Waals surface area contributed by atoms with Gasteiger partial charge in [0.05, 0.1) is 12.7 Å². The minimum atomic E-state index is -1.81. The second-order valence-corrected chi connectivity index (χ2v) is 11.8. The fourth-order valence-corrected chi connectivity index (χ4v) is 9.16. The van der Waals surface area contributed by atoms with Gasteiger partial charge in [-0.15, -0.1) is 0 Å². The summed E-state index contributed by atoms with van der Waals surface area (Å²) in [5.74, 6) is 0. The van der Waals surface area contributed by atoms with Crippen molar-refractivity contribution in [1.29, 1.82) is 0 Å². The minimum absolute atomic E-state index is 0.174. The first-order valence-electron chi connectivity index (χ1n) is 7.28. The molecule has 1 aliphatic heterocycles. The maximum Gasteiger partial charge on any atom is 0.200 e. The highest BCUT2D eigenvalue weighted by Gasteiger charge is 2.47. The first-order valence-corrected chi connectivity index (χ1v) is 9.42. The molecule has 0 bridgehead atoms. The van der Waals surface area contributed by atoms with Crippen molar-refractivity contribution in [3.05, 3.63) is 0 Å². The van der Waals surface area contributed by atoms with E-state index in [1.165, 1.54) is 0 Å². The average Bonchev–Trinajstić information content (AvgIpc) is 2.24. The van der Waals surface area contributed by atoms with E-state index in [4.69, 9.17) is 9.16 Å². The Morgan fingerprint density at radius 2 is 1.56 bits per heavy atom. The summed E-state index contributed by atoms with van der Waals surface area (Å²) in [6.45, 7) is 14.4. The van der Waals surface area contributed by atoms with Crippen molar-refractivity contribution in [3.63, 3.8) is 0 Å². The number of hydrogen-bond donors (Lipinski definition) is 1. The smallest absolute Gasteiger partial charge is 0.200 e. The summed E-state index contributed by atoms with van der Waals surface area (Å²) in [7, 11) is -1.81. The Bertz CT molecular complexity index is 232. The Morgan fingerprint density at radius 1 is 1.06 bits per heavy atom. The second kappa shape index (κ2) is 6.50. The number of ether oxygens (including phenoxy) is 1. The topological polar surface area (TPSA) is 38.7 Å². The van der Waals surface area contributed by atoms with Crippen LogP contribution in [0, 0.1) is 0 Å². The van der Waals surface area contributed by atoms with E-state index in [1.807, 2.05) is 0 Å². The van der Waals surface area contributed by atoms with Gasteiger partial charge in [-0.05, 0) is 23.0 Å². The molecule has 1 N–H and O–H groups in total. The minimum Gasteiger partial charge on any atom is -0.413 e. The zero-order chi connectivity index (χ0) is 13.9. The number of rotatable bonds is 5. The van der Waals surface area contributed by atoms with Crippen LogP contribution in [0.3, 0.4) is 0 Å². The Balaban J connectivity index is 2.83. The van der Waals surface area contributed by atoms with Gasteiger partial charge in [-0.2, -0.15) is 0 Å². The molecule has 4 heteroatoms. The van der Waals surface area contributed by atoms with Gasteiger partial charge in [-0.1, -0.05) is 41.5 Å². The van der Waals surface area contributed by atoms with Crippen molar-refractivity contribution in [1.82, 2.24) is 0 Å². The molecule has 0 saturated carbocycles. The average molecular weight is 274 g/mol. The highest BCUT2D eigenvalue weighted by Crippen LogP contribution is 2.43. The lowest BCUT2D eigenvalue weighted by Gasteiger charge is -2.45. The molecule has 1 heterocycles. The Hall–Kier alpha value is 0.0969. The Kier molecular flexibility index (Phi) is 5.84. The predicted octanol–water partition coefficient (Wildman–Crippen LogP) is 3.68. The van der Waals surface area contributed by atoms with Gasteiger partial charge in [-0.3, -0.25) is 0 Å². The van der Waals surface area contributed by atoms with Crippen molar-refractivity contribution >= 4 is 8.32 Å². The molecule has 1 saturated heterocycles. The molecule has 1 aliphatic rings. The molecule has 0 aromatic heterocycles. The SMILES string of the molecule is CC(C)[Si](O[C@H]1CCOC(O)C1)(C(C)C)C(C)C. The zero-order valence-electron chi connectivity index (χ0n) is 12.8. The summed E-state index contributed by atoms with van der Waals surface area (Å²) in [6, 6.07) is 0. The van der Waals surface area contributed by atoms with Crippen LogP contribution in [0.5, 0.6) is 0 Å². The van der Waals surface area contributed by atoms with Gasteiger partial charge in [0.2, 0.25) is 8.32 Å². The third-order valence-electron chi connectivity index (χ3n) is 4.29. The zero-order valence-corrected chi connectivity index (χ0v) is 13.8. The van der Waals surface area contributed by atoms with E-state index in [2.05, 4.69) is 41.5 Å². The number of aliphatic hydroxyl groups excluding tert-OH is 1. The van der Waals surface area contributed by atoms with Gasteiger partial charge in [0.15, 0.2) is 6.29 Å². The van der Waals surface area contributed by atoms with Crippen LogP contribution in [0.15, 0.2) is 0 Å². The molecule has 108 valence electrons. The summed E-state index contributed by atoms with van der Waals surface area (Å²) in [5, 5.41) is 9.61. The normalized spacial score (nSPS) is 26.3. The molecule has 0 aliphatic carbocycles. The van der Waals surface area contributed by atoms with Crippen LogP contribution < -0.4 is 0 Å². The Morgan fingerprint density at radius 3 is 1.94 bits per heavy atom. The molecule has 18 heavy (non-hydrogen) atoms. The second-order valence-electron chi connectivity index (χ2n) is 6.41. The maximum absolute atomic E-state index is 9.61. The molecule has 0 radical (unpaired) electrons. The van der Waals surface area contributed by atoms with Crippen LogP contribution in [-0.4, -0.2) is 32.4 Å². The molecule has 0 amide bonds. The molecule has 3 nitrogen and oxygen atoms in total. The summed E-state index contributed by atoms with van der Waals surface area (Å²) < 4.78 is 11.8. The van der Waals surface area contributed by atoms with E-state index in [9.17, 15) is 5.11 Å². The van der Waals surface area contributed by atoms with E-state index in [0.717, 1.165) is 6.42 Å². The third-order valence-corrected chi connectivity index (χ3v) is 10.4. The highest BCUT2D eigenvalue weighted by molar-refractivity contribution is 6.77. The van der Waals surface area contributed by atoms with E-state index in [0.29, 0.717) is 29.7 Å². The summed E-state index contributed by atoms with van der Waals surface area (Å²) in [6.07, 6.45) is 1.08. The Labute approximate surface area is 113 Å². The van der Waals surface area contributed by atoms with Crippen LogP contribution in [0.1, 0.15) is 54.4 Å². The quantitative estimate of drug-likeness (QED) is 0.777. The van der Waals surface area contributed by atoms with Crippen molar-refractivity contribution in [3.8, 4) is 0 Å². The fraction of sp³-hybridized carbons (Fsp3) is 1.00. The lowest BCUT2D eigenvalue weighted by molar-refractivity contribution is -0.150. The first kappa shape index (κ1) is 16.2. The van der Waals surface area contributed by atoms with Gasteiger partial charge < -0.3 is 14.3 Å². The van der Waals surface area contributed by atoms with Gasteiger partial charge in [0.25, 0.3) is 0 Å². The van der Waals surface area contributed by atoms with Gasteiger partial charge >= 0.3 is 0 Å². The number of hydrogen-bond acceptors (Lipinski definition) is 3. The van der Waals surface area contributed by atoms with E-state index in [-0.39, 0.29) is 6.10 Å². The molecular weight excluding hydrogens is 244 g/mol. The lowest BCUT2D eigenvalue weighted by Crippen LogP contribution is -2.51. The van der Waals surface area contributed by atoms with Crippen molar-refractivity contribution in [2.75, 3.05) is 6.61 Å². The molecule has 1 fully saturated rings. The molecule has 1 rings (SSSR count). The summed E-state index contributed by atoms with van der Waals surface area (Å²) in [5.41, 5.74) is 1.78. The molecule has 0 aromatic carbocycles. The molecule has 1 unspecified atom stereocenters. The third kappa shape index (κ3) is 3.35. The van der Waals surface area contributed by atoms with E-state index in [1.54, 1.807) is 0 Å². The van der Waals surface area contributed by atoms with Crippen molar-refractivity contribution in [2.24, 2.45) is 0 Å². The largest absolute Gasteiger partial charge is 0.413 e. The van der Waals surface area contributed by atoms with Gasteiger partial charge in [-0.25, -0.2) is 0 Å². The monoisotopic (exact) mass is 274 g/mol. The standard InChI is InChI=1S/C14H30O3Si/c1-10(2)18(11(3)4,12(5)6)17-13-7-8-16-14(15)9-13/h10-15H,7-9H2,1-6H3/t13-,14?/m0/s1. The molecule has 0 spiro atoms. The molecular formula is C14H30O3Si.